The van der Waals surface area contributed by atoms with Crippen LogP contribution in [0.5, 0.6) is 5.88 Å². The predicted molar refractivity (Wildman–Crippen MR) is 76.1 cm³/mol. The van der Waals surface area contributed by atoms with E-state index < -0.39 is 24.1 Å². The van der Waals surface area contributed by atoms with Crippen LogP contribution >= 0.6 is 0 Å². The Bertz CT molecular complexity index is 705. The minimum absolute atomic E-state index is 0.178. The predicted octanol–water partition coefficient (Wildman–Crippen LogP) is 3.22. The maximum absolute atomic E-state index is 13.4. The quantitative estimate of drug-likeness (QED) is 0.791. The molecule has 0 saturated carbocycles. The highest BCUT2D eigenvalue weighted by molar-refractivity contribution is 5.47. The molecule has 1 N–H and O–H groups in total. The molecule has 1 unspecified atom stereocenters. The Kier molecular flexibility index (Phi) is 4.44. The summed E-state index contributed by atoms with van der Waals surface area (Å²) in [5.41, 5.74) is -2.97. The average Bonchev–Trinajstić information content (AvgIpc) is 3.02. The van der Waals surface area contributed by atoms with Gasteiger partial charge in [0, 0.05) is 6.07 Å². The number of alkyl halides is 3. The fourth-order valence-electron chi connectivity index (χ4n) is 2.49. The first kappa shape index (κ1) is 16.7. The summed E-state index contributed by atoms with van der Waals surface area (Å²) in [4.78, 5) is 4.13. The number of fused-ring (bicyclic) bond motifs is 5. The molecule has 0 aromatic carbocycles. The van der Waals surface area contributed by atoms with Gasteiger partial charge in [0.25, 0.3) is 11.8 Å². The highest BCUT2D eigenvalue weighted by Crippen LogP contribution is 2.42. The molecule has 6 nitrogen and oxygen atoms in total. The summed E-state index contributed by atoms with van der Waals surface area (Å²) in [6.07, 6.45) is -3.37. The van der Waals surface area contributed by atoms with E-state index in [1.165, 1.54) is 6.07 Å². The second kappa shape index (κ2) is 6.39. The summed E-state index contributed by atoms with van der Waals surface area (Å²) >= 11 is 0. The Morgan fingerprint density at radius 1 is 1.08 bits per heavy atom. The van der Waals surface area contributed by atoms with Gasteiger partial charge >= 0.3 is 6.18 Å². The van der Waals surface area contributed by atoms with E-state index in [0.29, 0.717) is 31.7 Å². The van der Waals surface area contributed by atoms with Crippen LogP contribution in [0.4, 0.5) is 13.2 Å². The summed E-state index contributed by atoms with van der Waals surface area (Å²) in [5.74, 6) is -0.735. The molecule has 3 rings (SSSR count). The van der Waals surface area contributed by atoms with Crippen molar-refractivity contribution < 1.29 is 27.4 Å². The van der Waals surface area contributed by atoms with Crippen LogP contribution in [0.1, 0.15) is 38.0 Å². The molecule has 2 aromatic heterocycles. The Morgan fingerprint density at radius 2 is 1.88 bits per heavy atom. The molecule has 24 heavy (non-hydrogen) atoms. The maximum atomic E-state index is 13.4. The van der Waals surface area contributed by atoms with Gasteiger partial charge in [-0.05, 0) is 25.3 Å². The third kappa shape index (κ3) is 3.21. The van der Waals surface area contributed by atoms with Crippen LogP contribution in [0.2, 0.25) is 0 Å². The van der Waals surface area contributed by atoms with Crippen molar-refractivity contribution in [3.8, 4) is 17.5 Å². The largest absolute Gasteiger partial charge is 0.478 e. The minimum Gasteiger partial charge on any atom is -0.478 e. The van der Waals surface area contributed by atoms with Crippen molar-refractivity contribution in [1.29, 1.82) is 0 Å². The monoisotopic (exact) mass is 343 g/mol. The Hall–Kier alpha value is -2.16. The van der Waals surface area contributed by atoms with Gasteiger partial charge in [-0.1, -0.05) is 18.9 Å². The van der Waals surface area contributed by atoms with Gasteiger partial charge in [0.1, 0.15) is 5.69 Å². The fraction of sp³-hybridized carbons (Fsp3) is 0.533. The van der Waals surface area contributed by atoms with Gasteiger partial charge in [0.05, 0.1) is 6.61 Å². The van der Waals surface area contributed by atoms with E-state index in [0.717, 1.165) is 0 Å². The van der Waals surface area contributed by atoms with Gasteiger partial charge in [-0.2, -0.15) is 13.2 Å². The van der Waals surface area contributed by atoms with E-state index >= 15 is 0 Å². The fourth-order valence-corrected chi connectivity index (χ4v) is 2.49. The number of pyridine rings is 1. The Balaban J connectivity index is 2.02. The number of aromatic nitrogens is 3. The van der Waals surface area contributed by atoms with Crippen molar-refractivity contribution in [2.75, 3.05) is 6.61 Å². The SMILES string of the molecule is OC1(C(F)(F)F)CCCCCCOc2cccc(n2)-c2nnc1o2. The van der Waals surface area contributed by atoms with Gasteiger partial charge < -0.3 is 14.3 Å². The van der Waals surface area contributed by atoms with E-state index in [-0.39, 0.29) is 18.0 Å². The lowest BCUT2D eigenvalue weighted by molar-refractivity contribution is -0.277. The standard InChI is InChI=1S/C15H16F3N3O3/c16-15(17,18)14(22)8-3-1-2-4-9-23-11-7-5-6-10(19-11)12-20-21-13(14)24-12/h5-7,22H,1-4,8-9H2. The first-order valence-corrected chi connectivity index (χ1v) is 7.63. The van der Waals surface area contributed by atoms with Crippen LogP contribution in [0, 0.1) is 0 Å². The molecule has 0 aliphatic carbocycles. The lowest BCUT2D eigenvalue weighted by Gasteiger charge is -2.26. The van der Waals surface area contributed by atoms with Crippen molar-refractivity contribution in [1.82, 2.24) is 15.2 Å². The molecule has 130 valence electrons. The van der Waals surface area contributed by atoms with Crippen LogP contribution in [0.15, 0.2) is 22.6 Å². The molecule has 1 atom stereocenters. The second-order valence-electron chi connectivity index (χ2n) is 5.64. The van der Waals surface area contributed by atoms with E-state index in [4.69, 9.17) is 9.15 Å². The van der Waals surface area contributed by atoms with Crippen molar-refractivity contribution in [2.24, 2.45) is 0 Å². The van der Waals surface area contributed by atoms with Crippen LogP contribution in [0.25, 0.3) is 11.6 Å². The lowest BCUT2D eigenvalue weighted by Crippen LogP contribution is -2.42. The Labute approximate surface area is 135 Å². The summed E-state index contributed by atoms with van der Waals surface area (Å²) < 4.78 is 50.7. The van der Waals surface area contributed by atoms with Gasteiger partial charge in [-0.15, -0.1) is 10.2 Å². The summed E-state index contributed by atoms with van der Waals surface area (Å²) in [7, 11) is 0. The Morgan fingerprint density at radius 3 is 2.67 bits per heavy atom. The van der Waals surface area contributed by atoms with Crippen LogP contribution in [-0.4, -0.2) is 33.1 Å². The normalized spacial score (nSPS) is 22.5. The minimum atomic E-state index is -4.91. The van der Waals surface area contributed by atoms with Gasteiger partial charge in [-0.3, -0.25) is 0 Å². The molecule has 1 aliphatic heterocycles. The van der Waals surface area contributed by atoms with Crippen LogP contribution < -0.4 is 4.74 Å². The molecule has 0 radical (unpaired) electrons. The third-order valence-corrected chi connectivity index (χ3v) is 3.87. The van der Waals surface area contributed by atoms with Crippen molar-refractivity contribution in [2.45, 2.75) is 43.9 Å². The number of rotatable bonds is 0. The lowest BCUT2D eigenvalue weighted by atomic mass is 9.95. The third-order valence-electron chi connectivity index (χ3n) is 3.87. The summed E-state index contributed by atoms with van der Waals surface area (Å²) in [5, 5.41) is 17.2. The molecule has 9 heteroatoms. The number of halogens is 3. The van der Waals surface area contributed by atoms with Gasteiger partial charge in [0.2, 0.25) is 11.5 Å². The first-order chi connectivity index (χ1) is 11.4. The van der Waals surface area contributed by atoms with Crippen molar-refractivity contribution in [3.63, 3.8) is 0 Å². The number of nitrogens with zero attached hydrogens (tertiary/aromatic N) is 3. The number of aliphatic hydroxyl groups is 1. The zero-order chi connectivity index (χ0) is 17.2. The zero-order valence-corrected chi connectivity index (χ0v) is 12.7. The van der Waals surface area contributed by atoms with Crippen molar-refractivity contribution in [3.05, 3.63) is 24.1 Å². The zero-order valence-electron chi connectivity index (χ0n) is 12.7. The van der Waals surface area contributed by atoms with E-state index in [1.807, 2.05) is 0 Å². The highest BCUT2D eigenvalue weighted by Gasteiger charge is 2.58. The molecule has 1 aliphatic rings. The molecule has 4 bridgehead atoms. The number of ether oxygens (including phenoxy) is 1. The summed E-state index contributed by atoms with van der Waals surface area (Å²) in [6, 6.07) is 4.78. The molecule has 0 fully saturated rings. The van der Waals surface area contributed by atoms with Crippen molar-refractivity contribution >= 4 is 0 Å². The molecule has 0 spiro atoms. The van der Waals surface area contributed by atoms with E-state index in [1.54, 1.807) is 12.1 Å². The second-order valence-corrected chi connectivity index (χ2v) is 5.64. The molecule has 2 aromatic rings. The van der Waals surface area contributed by atoms with Gasteiger partial charge in [-0.25, -0.2) is 4.98 Å². The maximum Gasteiger partial charge on any atom is 0.426 e. The average molecular weight is 343 g/mol. The van der Waals surface area contributed by atoms with Gasteiger partial charge in [0.15, 0.2) is 0 Å². The molecule has 0 amide bonds. The molecule has 0 saturated heterocycles. The number of hydrogen-bond donors (Lipinski definition) is 1. The summed E-state index contributed by atoms with van der Waals surface area (Å²) in [6.45, 7) is 0.412. The molecule has 3 heterocycles. The first-order valence-electron chi connectivity index (χ1n) is 7.63. The molecular weight excluding hydrogens is 327 g/mol. The number of hydrogen-bond acceptors (Lipinski definition) is 6. The smallest absolute Gasteiger partial charge is 0.426 e. The topological polar surface area (TPSA) is 81.3 Å². The van der Waals surface area contributed by atoms with E-state index in [2.05, 4.69) is 15.2 Å². The highest BCUT2D eigenvalue weighted by atomic mass is 19.4. The van der Waals surface area contributed by atoms with Crippen LogP contribution in [-0.2, 0) is 5.60 Å². The van der Waals surface area contributed by atoms with Crippen LogP contribution in [0.3, 0.4) is 0 Å². The van der Waals surface area contributed by atoms with E-state index in [9.17, 15) is 18.3 Å². The molecular formula is C15H16F3N3O3.